The predicted molar refractivity (Wildman–Crippen MR) is 152 cm³/mol. The van der Waals surface area contributed by atoms with Crippen LogP contribution in [0.5, 0.6) is 17.2 Å². The van der Waals surface area contributed by atoms with Crippen molar-refractivity contribution in [3.63, 3.8) is 0 Å². The molecular weight excluding hydrogens is 523 g/mol. The summed E-state index contributed by atoms with van der Waals surface area (Å²) in [6.07, 6.45) is 7.44. The molecule has 0 radical (unpaired) electrons. The van der Waals surface area contributed by atoms with Crippen LogP contribution in [0.25, 0.3) is 22.0 Å². The summed E-state index contributed by atoms with van der Waals surface area (Å²) in [7, 11) is 1.64. The number of Topliss-reactive ketones (excluding diaryl/α,β-unsaturated/α-hetero) is 1. The number of ether oxygens (including phenoxy) is 2. The van der Waals surface area contributed by atoms with Gasteiger partial charge < -0.3 is 9.47 Å². The summed E-state index contributed by atoms with van der Waals surface area (Å²) in [6, 6.07) is 14.9. The molecule has 1 aliphatic rings. The van der Waals surface area contributed by atoms with Gasteiger partial charge in [0, 0.05) is 29.0 Å². The lowest BCUT2D eigenvalue weighted by Gasteiger charge is -2.12. The number of carbonyl (C=O) groups is 1. The van der Waals surface area contributed by atoms with Crippen LogP contribution in [0.15, 0.2) is 78.0 Å². The zero-order valence-corrected chi connectivity index (χ0v) is 22.6. The summed E-state index contributed by atoms with van der Waals surface area (Å²) in [4.78, 5) is 35.4. The molecule has 41 heavy (non-hydrogen) atoms. The van der Waals surface area contributed by atoms with Crippen LogP contribution in [0, 0.1) is 5.82 Å². The van der Waals surface area contributed by atoms with Gasteiger partial charge in [0.05, 0.1) is 31.3 Å². The highest BCUT2D eigenvalue weighted by Gasteiger charge is 2.27. The van der Waals surface area contributed by atoms with Crippen molar-refractivity contribution in [2.75, 3.05) is 7.11 Å². The second-order valence-corrected chi connectivity index (χ2v) is 9.97. The lowest BCUT2D eigenvalue weighted by molar-refractivity contribution is 0.0983. The molecule has 5 aromatic rings. The van der Waals surface area contributed by atoms with E-state index in [1.807, 2.05) is 12.1 Å². The van der Waals surface area contributed by atoms with Crippen molar-refractivity contribution in [2.24, 2.45) is 0 Å². The molecule has 1 saturated carbocycles. The summed E-state index contributed by atoms with van der Waals surface area (Å²) in [5, 5.41) is 5.18. The number of pyridine rings is 2. The maximum Gasteiger partial charge on any atom is 0.219 e. The highest BCUT2D eigenvalue weighted by atomic mass is 19.1. The third-order valence-electron chi connectivity index (χ3n) is 7.13. The van der Waals surface area contributed by atoms with E-state index in [0.29, 0.717) is 28.3 Å². The molecule has 8 nitrogen and oxygen atoms in total. The van der Waals surface area contributed by atoms with Gasteiger partial charge in [-0.25, -0.2) is 4.39 Å². The first kappa shape index (κ1) is 26.3. The van der Waals surface area contributed by atoms with E-state index in [1.54, 1.807) is 42.4 Å². The number of aryl methyl sites for hydroxylation is 1. The smallest absolute Gasteiger partial charge is 0.219 e. The minimum absolute atomic E-state index is 0.102. The van der Waals surface area contributed by atoms with E-state index in [1.165, 1.54) is 30.5 Å². The predicted octanol–water partition coefficient (Wildman–Crippen LogP) is 6.12. The van der Waals surface area contributed by atoms with Crippen LogP contribution < -0.4 is 14.9 Å². The fraction of sp³-hybridized carbons (Fsp3) is 0.219. The molecular formula is C32H27FN4O4. The fourth-order valence-corrected chi connectivity index (χ4v) is 4.75. The summed E-state index contributed by atoms with van der Waals surface area (Å²) in [6.45, 7) is 2.06. The Morgan fingerprint density at radius 3 is 2.54 bits per heavy atom. The Kier molecular flexibility index (Phi) is 7.01. The quantitative estimate of drug-likeness (QED) is 0.204. The molecule has 0 spiro atoms. The summed E-state index contributed by atoms with van der Waals surface area (Å²) in [5.74, 6) is 1.02. The molecule has 0 N–H and O–H groups in total. The Morgan fingerprint density at radius 2 is 1.85 bits per heavy atom. The molecule has 6 rings (SSSR count). The molecule has 206 valence electrons. The average molecular weight is 551 g/mol. The first-order chi connectivity index (χ1) is 19.9. The Bertz CT molecular complexity index is 1810. The SMILES string of the molecule is CCc1cc2nccc(Oc3ccc(CC(=O)c4nn(C5CC5)cc(-c5ccc(F)cc5)c4=O)nc3)c2cc1OC. The van der Waals surface area contributed by atoms with Crippen LogP contribution in [-0.2, 0) is 12.8 Å². The second kappa shape index (κ2) is 10.9. The monoisotopic (exact) mass is 550 g/mol. The van der Waals surface area contributed by atoms with Crippen molar-refractivity contribution in [2.45, 2.75) is 38.6 Å². The Balaban J connectivity index is 1.24. The molecule has 0 amide bonds. The van der Waals surface area contributed by atoms with Crippen molar-refractivity contribution in [1.82, 2.24) is 19.7 Å². The zero-order valence-electron chi connectivity index (χ0n) is 22.6. The third-order valence-corrected chi connectivity index (χ3v) is 7.13. The lowest BCUT2D eigenvalue weighted by atomic mass is 10.0. The molecule has 3 aromatic heterocycles. The second-order valence-electron chi connectivity index (χ2n) is 9.97. The number of aromatic nitrogens is 4. The Labute approximate surface area is 235 Å². The molecule has 0 aliphatic heterocycles. The van der Waals surface area contributed by atoms with Crippen LogP contribution >= 0.6 is 0 Å². The van der Waals surface area contributed by atoms with Crippen LogP contribution in [0.1, 0.15) is 47.6 Å². The van der Waals surface area contributed by atoms with Gasteiger partial charge in [0.25, 0.3) is 0 Å². The number of nitrogens with zero attached hydrogens (tertiary/aromatic N) is 4. The van der Waals surface area contributed by atoms with Gasteiger partial charge in [-0.1, -0.05) is 19.1 Å². The van der Waals surface area contributed by atoms with Crippen LogP contribution in [0.4, 0.5) is 4.39 Å². The summed E-state index contributed by atoms with van der Waals surface area (Å²) < 4.78 is 26.8. The van der Waals surface area contributed by atoms with Gasteiger partial charge in [0.15, 0.2) is 11.5 Å². The van der Waals surface area contributed by atoms with Crippen molar-refractivity contribution in [1.29, 1.82) is 0 Å². The average Bonchev–Trinajstić information content (AvgIpc) is 3.84. The maximum absolute atomic E-state index is 13.5. The van der Waals surface area contributed by atoms with E-state index >= 15 is 0 Å². The van der Waals surface area contributed by atoms with Gasteiger partial charge in [-0.15, -0.1) is 0 Å². The van der Waals surface area contributed by atoms with Gasteiger partial charge >= 0.3 is 0 Å². The Morgan fingerprint density at radius 1 is 1.05 bits per heavy atom. The van der Waals surface area contributed by atoms with E-state index in [2.05, 4.69) is 22.0 Å². The Hall–Kier alpha value is -4.92. The molecule has 1 fully saturated rings. The zero-order chi connectivity index (χ0) is 28.5. The van der Waals surface area contributed by atoms with Gasteiger partial charge in [0.1, 0.15) is 23.1 Å². The van der Waals surface area contributed by atoms with Gasteiger partial charge in [-0.2, -0.15) is 5.10 Å². The number of benzene rings is 2. The number of ketones is 1. The molecule has 1 aliphatic carbocycles. The third kappa shape index (κ3) is 5.43. The number of methoxy groups -OCH3 is 1. The summed E-state index contributed by atoms with van der Waals surface area (Å²) >= 11 is 0. The minimum atomic E-state index is -0.482. The van der Waals surface area contributed by atoms with E-state index in [4.69, 9.17) is 9.47 Å². The lowest BCUT2D eigenvalue weighted by Crippen LogP contribution is -2.25. The number of halogens is 1. The van der Waals surface area contributed by atoms with Gasteiger partial charge in [-0.3, -0.25) is 24.2 Å². The molecule has 0 unspecified atom stereocenters. The highest BCUT2D eigenvalue weighted by Crippen LogP contribution is 2.35. The first-order valence-corrected chi connectivity index (χ1v) is 13.4. The van der Waals surface area contributed by atoms with Crippen molar-refractivity contribution in [3.05, 3.63) is 106 Å². The van der Waals surface area contributed by atoms with E-state index in [-0.39, 0.29) is 18.2 Å². The molecule has 0 bridgehead atoms. The normalized spacial score (nSPS) is 12.9. The number of hydrogen-bond donors (Lipinski definition) is 0. The van der Waals surface area contributed by atoms with Gasteiger partial charge in [0.2, 0.25) is 5.43 Å². The van der Waals surface area contributed by atoms with E-state index < -0.39 is 17.0 Å². The minimum Gasteiger partial charge on any atom is -0.496 e. The largest absolute Gasteiger partial charge is 0.496 e. The fourth-order valence-electron chi connectivity index (χ4n) is 4.75. The van der Waals surface area contributed by atoms with E-state index in [9.17, 15) is 14.0 Å². The maximum atomic E-state index is 13.5. The van der Waals surface area contributed by atoms with E-state index in [0.717, 1.165) is 41.5 Å². The molecule has 3 heterocycles. The number of hydrogen-bond acceptors (Lipinski definition) is 7. The number of fused-ring (bicyclic) bond motifs is 1. The first-order valence-electron chi connectivity index (χ1n) is 13.4. The number of rotatable bonds is 9. The van der Waals surface area contributed by atoms with Crippen LogP contribution in [0.3, 0.4) is 0 Å². The number of carbonyl (C=O) groups excluding carboxylic acids is 1. The molecule has 0 atom stereocenters. The topological polar surface area (TPSA) is 96.2 Å². The van der Waals surface area contributed by atoms with Crippen molar-refractivity contribution >= 4 is 16.7 Å². The molecule has 2 aromatic carbocycles. The highest BCUT2D eigenvalue weighted by molar-refractivity contribution is 5.96. The van der Waals surface area contributed by atoms with Crippen LogP contribution in [-0.4, -0.2) is 32.6 Å². The summed E-state index contributed by atoms with van der Waals surface area (Å²) in [5.41, 5.74) is 2.55. The standard InChI is InChI=1S/C32H27FN4O4/c1-3-19-14-27-25(16-30(19)40-2)29(12-13-34-27)41-24-11-8-22(35-17-24)15-28(38)31-32(39)26(18-37(36-31)23-9-10-23)20-4-6-21(33)7-5-20/h4-8,11-14,16-18,23H,3,9-10,15H2,1-2H3. The van der Waals surface area contributed by atoms with Crippen molar-refractivity contribution in [3.8, 4) is 28.4 Å². The molecule has 0 saturated heterocycles. The van der Waals surface area contributed by atoms with Crippen molar-refractivity contribution < 1.29 is 18.7 Å². The van der Waals surface area contributed by atoms with Crippen LogP contribution in [0.2, 0.25) is 0 Å². The molecule has 9 heteroatoms. The van der Waals surface area contributed by atoms with Gasteiger partial charge in [-0.05, 0) is 72.9 Å².